The van der Waals surface area contributed by atoms with Gasteiger partial charge in [-0.3, -0.25) is 0 Å². The van der Waals surface area contributed by atoms with Crippen LogP contribution in [0.15, 0.2) is 11.3 Å². The van der Waals surface area contributed by atoms with Crippen molar-refractivity contribution >= 4 is 16.1 Å². The number of allylic oxidation sites excluding steroid dienone is 1. The van der Waals surface area contributed by atoms with Gasteiger partial charge in [0.25, 0.3) is 0 Å². The lowest BCUT2D eigenvalue weighted by atomic mass is 10.2. The minimum Gasteiger partial charge on any atom is -0.478 e. The second kappa shape index (κ2) is 3.96. The van der Waals surface area contributed by atoms with Crippen LogP contribution in [0.4, 0.5) is 13.2 Å². The van der Waals surface area contributed by atoms with Crippen LogP contribution in [0.25, 0.3) is 0 Å². The lowest BCUT2D eigenvalue weighted by Gasteiger charge is -2.10. The highest BCUT2D eigenvalue weighted by atomic mass is 32.2. The molecule has 1 N–H and O–H groups in total. The molecule has 0 aromatic heterocycles. The number of carboxylic acid groups (broad SMARTS) is 1. The van der Waals surface area contributed by atoms with Crippen molar-refractivity contribution in [1.82, 2.24) is 0 Å². The fourth-order valence-corrected chi connectivity index (χ4v) is 1.76. The van der Waals surface area contributed by atoms with Crippen LogP contribution < -0.4 is 0 Å². The van der Waals surface area contributed by atoms with Crippen LogP contribution in [0.1, 0.15) is 19.3 Å². The molecule has 0 bridgehead atoms. The van der Waals surface area contributed by atoms with Gasteiger partial charge in [0.1, 0.15) is 5.76 Å². The molecule has 0 aromatic rings. The first kappa shape index (κ1) is 12.8. The molecule has 1 rings (SSSR count). The third-order valence-corrected chi connectivity index (χ3v) is 2.91. The zero-order chi connectivity index (χ0) is 12.6. The van der Waals surface area contributed by atoms with Gasteiger partial charge in [0, 0.05) is 6.42 Å². The average molecular weight is 260 g/mol. The SMILES string of the molecule is O=C(O)C1=C(OS(=O)(=O)C(F)(F)F)CCC1. The highest BCUT2D eigenvalue weighted by Gasteiger charge is 2.49. The lowest BCUT2D eigenvalue weighted by Crippen LogP contribution is -2.25. The van der Waals surface area contributed by atoms with Gasteiger partial charge in [-0.1, -0.05) is 0 Å². The van der Waals surface area contributed by atoms with Crippen molar-refractivity contribution < 1.29 is 35.7 Å². The minimum absolute atomic E-state index is 0.00194. The first-order valence-corrected chi connectivity index (χ1v) is 5.52. The molecule has 0 saturated heterocycles. The molecule has 92 valence electrons. The first-order chi connectivity index (χ1) is 7.15. The van der Waals surface area contributed by atoms with E-state index in [0.29, 0.717) is 0 Å². The van der Waals surface area contributed by atoms with Crippen LogP contribution in [0.5, 0.6) is 0 Å². The number of carboxylic acids is 1. The minimum atomic E-state index is -5.77. The summed E-state index contributed by atoms with van der Waals surface area (Å²) in [5, 5.41) is 8.57. The maximum atomic E-state index is 11.9. The van der Waals surface area contributed by atoms with E-state index >= 15 is 0 Å². The Hall–Kier alpha value is -1.25. The van der Waals surface area contributed by atoms with E-state index in [1.54, 1.807) is 0 Å². The summed E-state index contributed by atoms with van der Waals surface area (Å²) in [5.41, 5.74) is -5.97. The molecule has 0 aliphatic heterocycles. The summed E-state index contributed by atoms with van der Waals surface area (Å²) in [6, 6.07) is 0. The second-order valence-corrected chi connectivity index (χ2v) is 4.58. The predicted octanol–water partition coefficient (Wildman–Crippen LogP) is 1.38. The largest absolute Gasteiger partial charge is 0.534 e. The van der Waals surface area contributed by atoms with E-state index in [0.717, 1.165) is 0 Å². The Balaban J connectivity index is 2.99. The van der Waals surface area contributed by atoms with E-state index < -0.39 is 32.9 Å². The average Bonchev–Trinajstić information content (AvgIpc) is 2.49. The third kappa shape index (κ3) is 2.46. The topological polar surface area (TPSA) is 80.7 Å². The standard InChI is InChI=1S/C7H7F3O5S/c8-7(9,10)16(13,14)15-5-3-1-2-4(5)6(11)12/h1-3H2,(H,11,12). The molecule has 0 unspecified atom stereocenters. The molecule has 0 spiro atoms. The van der Waals surface area contributed by atoms with E-state index in [1.165, 1.54) is 0 Å². The van der Waals surface area contributed by atoms with Crippen molar-refractivity contribution in [2.24, 2.45) is 0 Å². The Labute approximate surface area is 88.6 Å². The van der Waals surface area contributed by atoms with Gasteiger partial charge in [-0.05, 0) is 12.8 Å². The van der Waals surface area contributed by atoms with Crippen LogP contribution >= 0.6 is 0 Å². The van der Waals surface area contributed by atoms with Gasteiger partial charge >= 0.3 is 21.6 Å². The number of halogens is 3. The molecule has 0 fully saturated rings. The van der Waals surface area contributed by atoms with E-state index in [-0.39, 0.29) is 19.3 Å². The molecule has 5 nitrogen and oxygen atoms in total. The molecule has 0 aromatic carbocycles. The van der Waals surface area contributed by atoms with Crippen LogP contribution in [-0.4, -0.2) is 25.0 Å². The summed E-state index contributed by atoms with van der Waals surface area (Å²) in [5.74, 6) is -2.10. The Bertz CT molecular complexity index is 433. The van der Waals surface area contributed by atoms with Crippen molar-refractivity contribution in [2.45, 2.75) is 24.8 Å². The van der Waals surface area contributed by atoms with Gasteiger partial charge in [0.2, 0.25) is 0 Å². The predicted molar refractivity (Wildman–Crippen MR) is 44.6 cm³/mol. The van der Waals surface area contributed by atoms with Crippen molar-refractivity contribution in [3.05, 3.63) is 11.3 Å². The Morgan fingerprint density at radius 1 is 1.31 bits per heavy atom. The van der Waals surface area contributed by atoms with E-state index in [2.05, 4.69) is 4.18 Å². The summed E-state index contributed by atoms with van der Waals surface area (Å²) >= 11 is 0. The molecule has 16 heavy (non-hydrogen) atoms. The lowest BCUT2D eigenvalue weighted by molar-refractivity contribution is -0.132. The first-order valence-electron chi connectivity index (χ1n) is 4.11. The van der Waals surface area contributed by atoms with Crippen LogP contribution in [0.2, 0.25) is 0 Å². The number of carbonyl (C=O) groups is 1. The number of alkyl halides is 3. The maximum Gasteiger partial charge on any atom is 0.534 e. The van der Waals surface area contributed by atoms with Crippen LogP contribution in [0.3, 0.4) is 0 Å². The molecule has 9 heteroatoms. The fourth-order valence-electron chi connectivity index (χ4n) is 1.21. The molecule has 0 amide bonds. The molecule has 1 aliphatic carbocycles. The van der Waals surface area contributed by atoms with Crippen molar-refractivity contribution in [3.63, 3.8) is 0 Å². The quantitative estimate of drug-likeness (QED) is 0.612. The Kier molecular flexibility index (Phi) is 3.17. The zero-order valence-corrected chi connectivity index (χ0v) is 8.56. The molecule has 1 aliphatic rings. The Morgan fingerprint density at radius 3 is 2.31 bits per heavy atom. The van der Waals surface area contributed by atoms with Crippen molar-refractivity contribution in [3.8, 4) is 0 Å². The fraction of sp³-hybridized carbons (Fsp3) is 0.571. The highest BCUT2D eigenvalue weighted by molar-refractivity contribution is 7.87. The monoisotopic (exact) mass is 260 g/mol. The van der Waals surface area contributed by atoms with Gasteiger partial charge in [-0.2, -0.15) is 21.6 Å². The van der Waals surface area contributed by atoms with Gasteiger partial charge < -0.3 is 9.29 Å². The molecular weight excluding hydrogens is 253 g/mol. The van der Waals surface area contributed by atoms with Gasteiger partial charge in [-0.15, -0.1) is 0 Å². The maximum absolute atomic E-state index is 11.9. The zero-order valence-electron chi connectivity index (χ0n) is 7.74. The molecular formula is C7H7F3O5S. The summed E-state index contributed by atoms with van der Waals surface area (Å²) in [6.07, 6.45) is 0.124. The molecule has 0 heterocycles. The summed E-state index contributed by atoms with van der Waals surface area (Å²) in [7, 11) is -5.77. The number of hydrogen-bond donors (Lipinski definition) is 1. The second-order valence-electron chi connectivity index (χ2n) is 3.04. The van der Waals surface area contributed by atoms with Crippen molar-refractivity contribution in [2.75, 3.05) is 0 Å². The van der Waals surface area contributed by atoms with Crippen LogP contribution in [-0.2, 0) is 19.1 Å². The summed E-state index contributed by atoms with van der Waals surface area (Å²) in [6.45, 7) is 0. The highest BCUT2D eigenvalue weighted by Crippen LogP contribution is 2.33. The summed E-state index contributed by atoms with van der Waals surface area (Å²) < 4.78 is 60.8. The Morgan fingerprint density at radius 2 is 1.88 bits per heavy atom. The van der Waals surface area contributed by atoms with Gasteiger partial charge in [0.15, 0.2) is 0 Å². The number of aliphatic carboxylic acids is 1. The molecule has 0 atom stereocenters. The number of rotatable bonds is 3. The smallest absolute Gasteiger partial charge is 0.478 e. The number of hydrogen-bond acceptors (Lipinski definition) is 4. The molecule has 0 radical (unpaired) electrons. The molecule has 0 saturated carbocycles. The van der Waals surface area contributed by atoms with Crippen molar-refractivity contribution in [1.29, 1.82) is 0 Å². The van der Waals surface area contributed by atoms with E-state index in [1.807, 2.05) is 0 Å². The van der Waals surface area contributed by atoms with Gasteiger partial charge in [-0.25, -0.2) is 4.79 Å². The normalized spacial score (nSPS) is 17.7. The summed E-state index contributed by atoms with van der Waals surface area (Å²) in [4.78, 5) is 10.5. The third-order valence-electron chi connectivity index (χ3n) is 1.92. The van der Waals surface area contributed by atoms with E-state index in [4.69, 9.17) is 5.11 Å². The van der Waals surface area contributed by atoms with Crippen LogP contribution in [0, 0.1) is 0 Å². The van der Waals surface area contributed by atoms with Gasteiger partial charge in [0.05, 0.1) is 5.57 Å². The van der Waals surface area contributed by atoms with E-state index in [9.17, 15) is 26.4 Å².